The molecule has 0 amide bonds. The van der Waals surface area contributed by atoms with Crippen molar-refractivity contribution in [1.82, 2.24) is 0 Å². The molecule has 0 spiro atoms. The maximum Gasteiger partial charge on any atom is 0.337 e. The van der Waals surface area contributed by atoms with Gasteiger partial charge in [-0.1, -0.05) is 27.7 Å². The molecule has 1 aromatic rings. The molecule has 118 valence electrons. The van der Waals surface area contributed by atoms with E-state index in [-0.39, 0.29) is 0 Å². The van der Waals surface area contributed by atoms with Crippen LogP contribution in [0.4, 0.5) is 11.4 Å². The van der Waals surface area contributed by atoms with Crippen molar-refractivity contribution in [2.75, 3.05) is 23.7 Å². The number of nitrogens with zero attached hydrogens (tertiary/aromatic N) is 1. The van der Waals surface area contributed by atoms with Gasteiger partial charge in [-0.25, -0.2) is 4.79 Å². The highest BCUT2D eigenvalue weighted by atomic mass is 16.4. The van der Waals surface area contributed by atoms with Gasteiger partial charge in [0.25, 0.3) is 0 Å². The van der Waals surface area contributed by atoms with E-state index in [4.69, 9.17) is 5.73 Å². The lowest BCUT2D eigenvalue weighted by Gasteiger charge is -2.28. The highest BCUT2D eigenvalue weighted by Gasteiger charge is 2.17. The number of benzene rings is 1. The fourth-order valence-corrected chi connectivity index (χ4v) is 2.18. The molecule has 0 bridgehead atoms. The van der Waals surface area contributed by atoms with Crippen molar-refractivity contribution in [3.63, 3.8) is 0 Å². The summed E-state index contributed by atoms with van der Waals surface area (Å²) in [6.45, 7) is 10.5. The Labute approximate surface area is 128 Å². The molecule has 0 radical (unpaired) electrons. The predicted octanol–water partition coefficient (Wildman–Crippen LogP) is 3.87. The Bertz CT molecular complexity index is 458. The van der Waals surface area contributed by atoms with Gasteiger partial charge < -0.3 is 15.7 Å². The van der Waals surface area contributed by atoms with Gasteiger partial charge >= 0.3 is 5.97 Å². The van der Waals surface area contributed by atoms with E-state index < -0.39 is 5.97 Å². The van der Waals surface area contributed by atoms with Crippen molar-refractivity contribution in [2.45, 2.75) is 40.5 Å². The van der Waals surface area contributed by atoms with Gasteiger partial charge in [-0.05, 0) is 42.9 Å². The zero-order chi connectivity index (χ0) is 16.0. The molecule has 0 unspecified atom stereocenters. The Kier molecular flexibility index (Phi) is 6.53. The first-order valence-corrected chi connectivity index (χ1v) is 7.69. The van der Waals surface area contributed by atoms with Crippen LogP contribution in [0.5, 0.6) is 0 Å². The van der Waals surface area contributed by atoms with Gasteiger partial charge in [0.1, 0.15) is 0 Å². The van der Waals surface area contributed by atoms with E-state index in [0.29, 0.717) is 23.1 Å². The smallest absolute Gasteiger partial charge is 0.337 e. The molecule has 21 heavy (non-hydrogen) atoms. The Morgan fingerprint density at radius 1 is 1.14 bits per heavy atom. The molecule has 0 heterocycles. The molecule has 3 N–H and O–H groups in total. The molecule has 4 nitrogen and oxygen atoms in total. The molecule has 1 aromatic carbocycles. The lowest BCUT2D eigenvalue weighted by Crippen LogP contribution is -2.29. The Balaban J connectivity index is 3.02. The minimum Gasteiger partial charge on any atom is -0.478 e. The van der Waals surface area contributed by atoms with Crippen LogP contribution >= 0.6 is 0 Å². The molecule has 0 saturated heterocycles. The Morgan fingerprint density at radius 3 is 2.10 bits per heavy atom. The molecule has 0 fully saturated rings. The van der Waals surface area contributed by atoms with Crippen LogP contribution in [0.1, 0.15) is 50.9 Å². The number of carbonyl (C=O) groups is 1. The van der Waals surface area contributed by atoms with E-state index in [1.165, 1.54) is 0 Å². The van der Waals surface area contributed by atoms with Crippen LogP contribution in [-0.4, -0.2) is 24.2 Å². The second-order valence-corrected chi connectivity index (χ2v) is 6.43. The maximum atomic E-state index is 11.5. The molecule has 0 aliphatic carbocycles. The third kappa shape index (κ3) is 5.66. The van der Waals surface area contributed by atoms with Crippen LogP contribution < -0.4 is 10.6 Å². The summed E-state index contributed by atoms with van der Waals surface area (Å²) in [6, 6.07) is 5.16. The number of carboxylic acid groups (broad SMARTS) is 1. The zero-order valence-corrected chi connectivity index (χ0v) is 13.6. The van der Waals surface area contributed by atoms with E-state index in [2.05, 4.69) is 32.6 Å². The van der Waals surface area contributed by atoms with Crippen molar-refractivity contribution in [2.24, 2.45) is 11.8 Å². The number of carboxylic acids is 1. The van der Waals surface area contributed by atoms with Gasteiger partial charge in [-0.15, -0.1) is 0 Å². The third-order valence-electron chi connectivity index (χ3n) is 3.54. The van der Waals surface area contributed by atoms with Gasteiger partial charge in [0.15, 0.2) is 0 Å². The molecular formula is C17H28N2O2. The van der Waals surface area contributed by atoms with E-state index in [1.807, 2.05) is 6.07 Å². The number of anilines is 2. The summed E-state index contributed by atoms with van der Waals surface area (Å²) in [5.41, 5.74) is 7.29. The van der Waals surface area contributed by atoms with E-state index >= 15 is 0 Å². The first-order chi connectivity index (χ1) is 9.81. The van der Waals surface area contributed by atoms with Crippen LogP contribution in [0.15, 0.2) is 18.2 Å². The van der Waals surface area contributed by atoms with Gasteiger partial charge in [0.2, 0.25) is 0 Å². The molecule has 1 rings (SSSR count). The normalized spacial score (nSPS) is 11.1. The standard InChI is InChI=1S/C17H28N2O2/c1-12(2)7-9-19(10-8-13(3)4)16-6-5-14(18)11-15(16)17(20)21/h5-6,11-13H,7-10,18H2,1-4H3,(H,20,21). The van der Waals surface area contributed by atoms with Crippen LogP contribution in [0.25, 0.3) is 0 Å². The van der Waals surface area contributed by atoms with Crippen LogP contribution in [0.3, 0.4) is 0 Å². The number of nitrogen functional groups attached to an aromatic ring is 1. The van der Waals surface area contributed by atoms with E-state index in [9.17, 15) is 9.90 Å². The third-order valence-corrected chi connectivity index (χ3v) is 3.54. The van der Waals surface area contributed by atoms with E-state index in [0.717, 1.165) is 31.6 Å². The summed E-state index contributed by atoms with van der Waals surface area (Å²) in [5.74, 6) is 0.263. The van der Waals surface area contributed by atoms with Crippen molar-refractivity contribution >= 4 is 17.3 Å². The molecule has 0 atom stereocenters. The quantitative estimate of drug-likeness (QED) is 0.714. The summed E-state index contributed by atoms with van der Waals surface area (Å²) < 4.78 is 0. The average molecular weight is 292 g/mol. The van der Waals surface area contributed by atoms with Gasteiger partial charge in [-0.2, -0.15) is 0 Å². The number of hydrogen-bond acceptors (Lipinski definition) is 3. The van der Waals surface area contributed by atoms with Crippen molar-refractivity contribution in [1.29, 1.82) is 0 Å². The van der Waals surface area contributed by atoms with E-state index in [1.54, 1.807) is 12.1 Å². The lowest BCUT2D eigenvalue weighted by atomic mass is 10.1. The average Bonchev–Trinajstić information content (AvgIpc) is 2.38. The predicted molar refractivity (Wildman–Crippen MR) is 88.9 cm³/mol. The highest BCUT2D eigenvalue weighted by molar-refractivity contribution is 5.95. The second kappa shape index (κ2) is 7.91. The largest absolute Gasteiger partial charge is 0.478 e. The van der Waals surface area contributed by atoms with Crippen LogP contribution in [0.2, 0.25) is 0 Å². The summed E-state index contributed by atoms with van der Waals surface area (Å²) in [7, 11) is 0. The molecule has 4 heteroatoms. The summed E-state index contributed by atoms with van der Waals surface area (Å²) in [6.07, 6.45) is 2.09. The Morgan fingerprint density at radius 2 is 1.67 bits per heavy atom. The number of aromatic carboxylic acids is 1. The minimum atomic E-state index is -0.920. The zero-order valence-electron chi connectivity index (χ0n) is 13.6. The highest BCUT2D eigenvalue weighted by Crippen LogP contribution is 2.25. The van der Waals surface area contributed by atoms with Gasteiger partial charge in [0.05, 0.1) is 11.3 Å². The van der Waals surface area contributed by atoms with Gasteiger partial charge in [-0.3, -0.25) is 0 Å². The number of nitrogens with two attached hydrogens (primary N) is 1. The fraction of sp³-hybridized carbons (Fsp3) is 0.588. The van der Waals surface area contributed by atoms with Crippen molar-refractivity contribution in [3.8, 4) is 0 Å². The molecular weight excluding hydrogens is 264 g/mol. The van der Waals surface area contributed by atoms with Crippen LogP contribution in [0, 0.1) is 11.8 Å². The summed E-state index contributed by atoms with van der Waals surface area (Å²) in [5, 5.41) is 9.41. The minimum absolute atomic E-state index is 0.294. The number of rotatable bonds is 8. The van der Waals surface area contributed by atoms with Gasteiger partial charge in [0, 0.05) is 18.8 Å². The first kappa shape index (κ1) is 17.3. The summed E-state index contributed by atoms with van der Waals surface area (Å²) >= 11 is 0. The second-order valence-electron chi connectivity index (χ2n) is 6.43. The Hall–Kier alpha value is -1.71. The maximum absolute atomic E-state index is 11.5. The molecule has 0 saturated carbocycles. The van der Waals surface area contributed by atoms with Crippen LogP contribution in [-0.2, 0) is 0 Å². The number of hydrogen-bond donors (Lipinski definition) is 2. The molecule has 0 aromatic heterocycles. The first-order valence-electron chi connectivity index (χ1n) is 7.69. The molecule has 0 aliphatic rings. The van der Waals surface area contributed by atoms with Crippen molar-refractivity contribution < 1.29 is 9.90 Å². The van der Waals surface area contributed by atoms with Crippen molar-refractivity contribution in [3.05, 3.63) is 23.8 Å². The topological polar surface area (TPSA) is 66.6 Å². The molecule has 0 aliphatic heterocycles. The lowest BCUT2D eigenvalue weighted by molar-refractivity contribution is 0.0697. The monoisotopic (exact) mass is 292 g/mol. The SMILES string of the molecule is CC(C)CCN(CCC(C)C)c1ccc(N)cc1C(=O)O. The summed E-state index contributed by atoms with van der Waals surface area (Å²) in [4.78, 5) is 13.7. The fourth-order valence-electron chi connectivity index (χ4n) is 2.18.